The predicted octanol–water partition coefficient (Wildman–Crippen LogP) is 3.00. The molecule has 1 fully saturated rings. The molecule has 5 nitrogen and oxygen atoms in total. The zero-order valence-corrected chi connectivity index (χ0v) is 16.3. The van der Waals surface area contributed by atoms with Gasteiger partial charge in [0.2, 0.25) is 0 Å². The Hall–Kier alpha value is -1.99. The number of pyridine rings is 1. The molecule has 0 aromatic carbocycles. The van der Waals surface area contributed by atoms with Gasteiger partial charge in [0, 0.05) is 63.5 Å². The van der Waals surface area contributed by atoms with Gasteiger partial charge < -0.3 is 9.67 Å². The van der Waals surface area contributed by atoms with Crippen molar-refractivity contribution in [3.63, 3.8) is 0 Å². The van der Waals surface area contributed by atoms with E-state index in [4.69, 9.17) is 0 Å². The molecule has 1 aliphatic rings. The Kier molecular flexibility index (Phi) is 5.99. The minimum Gasteiger partial charge on any atom is -0.396 e. The normalized spacial score (nSPS) is 18.8. The number of aliphatic hydroxyl groups excluding tert-OH is 1. The molecule has 0 amide bonds. The van der Waals surface area contributed by atoms with E-state index in [1.165, 1.54) is 11.3 Å². The predicted molar refractivity (Wildman–Crippen MR) is 109 cm³/mol. The summed E-state index contributed by atoms with van der Waals surface area (Å²) in [5, 5.41) is 13.9. The summed E-state index contributed by atoms with van der Waals surface area (Å²) in [6, 6.07) is 12.9. The number of thiophene rings is 1. The highest BCUT2D eigenvalue weighted by molar-refractivity contribution is 7.07. The third kappa shape index (κ3) is 4.47. The van der Waals surface area contributed by atoms with Crippen molar-refractivity contribution >= 4 is 11.3 Å². The number of aromatic nitrogens is 2. The Morgan fingerprint density at radius 1 is 1.11 bits per heavy atom. The van der Waals surface area contributed by atoms with Gasteiger partial charge in [-0.25, -0.2) is 4.98 Å². The molecular formula is C21H26N4OS. The van der Waals surface area contributed by atoms with Crippen molar-refractivity contribution in [2.75, 3.05) is 26.2 Å². The molecule has 0 saturated carbocycles. The second-order valence-corrected chi connectivity index (χ2v) is 7.84. The standard InChI is InChI=1S/C21H26N4OS/c26-12-6-19-15-23(10-11-24(19)14-18-7-13-27-17-18)16-20-4-3-9-25(20)21-5-1-2-8-22-21/h1-5,7-9,13,17,19,26H,6,10-12,14-16H2/t19-/m1/s1. The Morgan fingerprint density at radius 3 is 2.85 bits per heavy atom. The van der Waals surface area contributed by atoms with Gasteiger partial charge in [0.25, 0.3) is 0 Å². The average Bonchev–Trinajstić information content (AvgIpc) is 3.37. The lowest BCUT2D eigenvalue weighted by molar-refractivity contribution is 0.0492. The number of nitrogens with zero attached hydrogens (tertiary/aromatic N) is 4. The van der Waals surface area contributed by atoms with E-state index in [1.807, 2.05) is 24.4 Å². The van der Waals surface area contributed by atoms with Crippen LogP contribution in [0.3, 0.4) is 0 Å². The third-order valence-corrected chi connectivity index (χ3v) is 5.96. The summed E-state index contributed by atoms with van der Waals surface area (Å²) in [5.41, 5.74) is 2.63. The van der Waals surface area contributed by atoms with Crippen LogP contribution in [0.5, 0.6) is 0 Å². The van der Waals surface area contributed by atoms with Crippen LogP contribution in [0.15, 0.2) is 59.6 Å². The monoisotopic (exact) mass is 382 g/mol. The lowest BCUT2D eigenvalue weighted by atomic mass is 10.1. The fourth-order valence-corrected chi connectivity index (χ4v) is 4.50. The molecule has 1 saturated heterocycles. The molecule has 0 spiro atoms. The molecule has 0 radical (unpaired) electrons. The molecule has 4 rings (SSSR count). The lowest BCUT2D eigenvalue weighted by Gasteiger charge is -2.41. The smallest absolute Gasteiger partial charge is 0.136 e. The van der Waals surface area contributed by atoms with E-state index in [2.05, 4.69) is 54.5 Å². The van der Waals surface area contributed by atoms with E-state index in [1.54, 1.807) is 11.3 Å². The van der Waals surface area contributed by atoms with Crippen molar-refractivity contribution in [1.82, 2.24) is 19.4 Å². The molecule has 1 N–H and O–H groups in total. The van der Waals surface area contributed by atoms with Crippen LogP contribution in [0.2, 0.25) is 0 Å². The van der Waals surface area contributed by atoms with Crippen LogP contribution in [-0.2, 0) is 13.1 Å². The Labute approximate surface area is 164 Å². The molecule has 27 heavy (non-hydrogen) atoms. The van der Waals surface area contributed by atoms with Gasteiger partial charge in [-0.1, -0.05) is 6.07 Å². The molecule has 0 bridgehead atoms. The Balaban J connectivity index is 1.43. The van der Waals surface area contributed by atoms with Crippen LogP contribution in [0, 0.1) is 0 Å². The largest absolute Gasteiger partial charge is 0.396 e. The summed E-state index contributed by atoms with van der Waals surface area (Å²) in [7, 11) is 0. The van der Waals surface area contributed by atoms with Crippen molar-refractivity contribution in [3.05, 3.63) is 70.8 Å². The van der Waals surface area contributed by atoms with Gasteiger partial charge in [0.1, 0.15) is 5.82 Å². The first-order valence-corrected chi connectivity index (χ1v) is 10.4. The van der Waals surface area contributed by atoms with Gasteiger partial charge in [0.15, 0.2) is 0 Å². The van der Waals surface area contributed by atoms with Crippen LogP contribution in [0.25, 0.3) is 5.82 Å². The first-order valence-electron chi connectivity index (χ1n) is 9.49. The average molecular weight is 383 g/mol. The number of aliphatic hydroxyl groups is 1. The zero-order chi connectivity index (χ0) is 18.5. The van der Waals surface area contributed by atoms with Gasteiger partial charge in [0.05, 0.1) is 0 Å². The third-order valence-electron chi connectivity index (χ3n) is 5.23. The first-order chi connectivity index (χ1) is 13.3. The molecule has 6 heteroatoms. The quantitative estimate of drug-likeness (QED) is 0.682. The molecule has 142 valence electrons. The van der Waals surface area contributed by atoms with Crippen LogP contribution < -0.4 is 0 Å². The summed E-state index contributed by atoms with van der Waals surface area (Å²) < 4.78 is 2.17. The van der Waals surface area contributed by atoms with E-state index in [0.717, 1.165) is 45.0 Å². The summed E-state index contributed by atoms with van der Waals surface area (Å²) in [6.45, 7) is 5.18. The molecule has 1 aliphatic heterocycles. The second-order valence-electron chi connectivity index (χ2n) is 7.06. The van der Waals surface area contributed by atoms with E-state index in [0.29, 0.717) is 6.04 Å². The zero-order valence-electron chi connectivity index (χ0n) is 15.4. The van der Waals surface area contributed by atoms with Crippen LogP contribution in [0.1, 0.15) is 17.7 Å². The van der Waals surface area contributed by atoms with E-state index in [-0.39, 0.29) is 6.61 Å². The van der Waals surface area contributed by atoms with Crippen molar-refractivity contribution in [3.8, 4) is 5.82 Å². The summed E-state index contributed by atoms with van der Waals surface area (Å²) >= 11 is 1.75. The Morgan fingerprint density at radius 2 is 2.07 bits per heavy atom. The molecule has 4 heterocycles. The number of rotatable bonds is 7. The summed E-state index contributed by atoms with van der Waals surface area (Å²) in [4.78, 5) is 9.50. The highest BCUT2D eigenvalue weighted by atomic mass is 32.1. The van der Waals surface area contributed by atoms with Crippen LogP contribution in [0.4, 0.5) is 0 Å². The number of hydrogen-bond acceptors (Lipinski definition) is 5. The minimum absolute atomic E-state index is 0.239. The topological polar surface area (TPSA) is 44.5 Å². The highest BCUT2D eigenvalue weighted by Crippen LogP contribution is 2.20. The maximum absolute atomic E-state index is 9.54. The maximum Gasteiger partial charge on any atom is 0.136 e. The van der Waals surface area contributed by atoms with Gasteiger partial charge in [-0.2, -0.15) is 11.3 Å². The number of piperazine rings is 1. The van der Waals surface area contributed by atoms with Gasteiger partial charge in [-0.3, -0.25) is 9.80 Å². The fourth-order valence-electron chi connectivity index (χ4n) is 3.84. The molecule has 0 unspecified atom stereocenters. The molecule has 0 aliphatic carbocycles. The van der Waals surface area contributed by atoms with E-state index < -0.39 is 0 Å². The molecule has 3 aromatic rings. The lowest BCUT2D eigenvalue weighted by Crippen LogP contribution is -2.52. The minimum atomic E-state index is 0.239. The van der Waals surface area contributed by atoms with Crippen LogP contribution in [-0.4, -0.2) is 56.7 Å². The SMILES string of the molecule is OCC[C@@H]1CN(Cc2cccn2-c2ccccn2)CCN1Cc1ccsc1. The Bertz CT molecular complexity index is 818. The van der Waals surface area contributed by atoms with Gasteiger partial charge in [-0.15, -0.1) is 0 Å². The first kappa shape index (κ1) is 18.4. The van der Waals surface area contributed by atoms with Crippen LogP contribution >= 0.6 is 11.3 Å². The summed E-state index contributed by atoms with van der Waals surface area (Å²) in [6.07, 6.45) is 4.73. The molecular weight excluding hydrogens is 356 g/mol. The van der Waals surface area contributed by atoms with Crippen molar-refractivity contribution in [2.45, 2.75) is 25.6 Å². The van der Waals surface area contributed by atoms with Crippen molar-refractivity contribution in [1.29, 1.82) is 0 Å². The second kappa shape index (κ2) is 8.80. The van der Waals surface area contributed by atoms with Crippen molar-refractivity contribution in [2.24, 2.45) is 0 Å². The van der Waals surface area contributed by atoms with E-state index in [9.17, 15) is 5.11 Å². The summed E-state index contributed by atoms with van der Waals surface area (Å²) in [5.74, 6) is 0.959. The highest BCUT2D eigenvalue weighted by Gasteiger charge is 2.27. The van der Waals surface area contributed by atoms with Gasteiger partial charge >= 0.3 is 0 Å². The molecule has 1 atom stereocenters. The van der Waals surface area contributed by atoms with Gasteiger partial charge in [-0.05, 0) is 53.1 Å². The maximum atomic E-state index is 9.54. The molecule has 3 aromatic heterocycles. The van der Waals surface area contributed by atoms with E-state index >= 15 is 0 Å². The number of hydrogen-bond donors (Lipinski definition) is 1. The van der Waals surface area contributed by atoms with Crippen molar-refractivity contribution < 1.29 is 5.11 Å². The fraction of sp³-hybridized carbons (Fsp3) is 0.381.